The first kappa shape index (κ1) is 14.4. The Morgan fingerprint density at radius 1 is 1.26 bits per heavy atom. The molecule has 0 amide bonds. The van der Waals surface area contributed by atoms with E-state index < -0.39 is 0 Å². The van der Waals surface area contributed by atoms with Crippen LogP contribution in [0.4, 0.5) is 0 Å². The first-order chi connectivity index (χ1) is 9.24. The van der Waals surface area contributed by atoms with Crippen LogP contribution in [0.25, 0.3) is 0 Å². The van der Waals surface area contributed by atoms with Crippen LogP contribution < -0.4 is 10.5 Å². The van der Waals surface area contributed by atoms with Crippen molar-refractivity contribution in [2.75, 3.05) is 7.11 Å². The van der Waals surface area contributed by atoms with Gasteiger partial charge in [0.1, 0.15) is 5.75 Å². The van der Waals surface area contributed by atoms with Gasteiger partial charge < -0.3 is 10.5 Å². The minimum absolute atomic E-state index is 0.165. The van der Waals surface area contributed by atoms with Gasteiger partial charge in [-0.2, -0.15) is 0 Å². The SMILES string of the molecule is CCCC1CCC(C(N)c2cccc(OC)c2)CC1. The molecule has 106 valence electrons. The molecule has 1 aromatic rings. The summed E-state index contributed by atoms with van der Waals surface area (Å²) >= 11 is 0. The maximum atomic E-state index is 6.46. The second kappa shape index (κ2) is 6.95. The Morgan fingerprint density at radius 2 is 2.00 bits per heavy atom. The summed E-state index contributed by atoms with van der Waals surface area (Å²) < 4.78 is 5.29. The maximum Gasteiger partial charge on any atom is 0.119 e. The van der Waals surface area contributed by atoms with E-state index in [0.717, 1.165) is 11.7 Å². The number of methoxy groups -OCH3 is 1. The monoisotopic (exact) mass is 261 g/mol. The predicted octanol–water partition coefficient (Wildman–Crippen LogP) is 4.30. The highest BCUT2D eigenvalue weighted by molar-refractivity contribution is 5.30. The first-order valence-corrected chi connectivity index (χ1v) is 7.64. The fourth-order valence-corrected chi connectivity index (χ4v) is 3.37. The lowest BCUT2D eigenvalue weighted by atomic mass is 9.76. The van der Waals surface area contributed by atoms with E-state index in [1.165, 1.54) is 44.1 Å². The van der Waals surface area contributed by atoms with E-state index in [4.69, 9.17) is 10.5 Å². The van der Waals surface area contributed by atoms with Gasteiger partial charge in [-0.3, -0.25) is 0 Å². The molecule has 2 heteroatoms. The molecule has 19 heavy (non-hydrogen) atoms. The molecule has 2 rings (SSSR count). The Morgan fingerprint density at radius 3 is 2.63 bits per heavy atom. The highest BCUT2D eigenvalue weighted by atomic mass is 16.5. The average molecular weight is 261 g/mol. The summed E-state index contributed by atoms with van der Waals surface area (Å²) in [7, 11) is 1.71. The second-order valence-corrected chi connectivity index (χ2v) is 5.87. The largest absolute Gasteiger partial charge is 0.497 e. The van der Waals surface area contributed by atoms with Crippen LogP contribution in [0.1, 0.15) is 57.1 Å². The molecule has 0 bridgehead atoms. The molecule has 0 heterocycles. The molecule has 1 aliphatic carbocycles. The third-order valence-electron chi connectivity index (χ3n) is 4.57. The van der Waals surface area contributed by atoms with Crippen LogP contribution in [-0.4, -0.2) is 7.11 Å². The summed E-state index contributed by atoms with van der Waals surface area (Å²) in [4.78, 5) is 0. The third-order valence-corrected chi connectivity index (χ3v) is 4.57. The first-order valence-electron chi connectivity index (χ1n) is 7.64. The molecule has 1 saturated carbocycles. The summed E-state index contributed by atoms with van der Waals surface area (Å²) in [6.07, 6.45) is 7.98. The Kier molecular flexibility index (Phi) is 5.26. The number of hydrogen-bond donors (Lipinski definition) is 1. The van der Waals surface area contributed by atoms with Crippen molar-refractivity contribution in [3.8, 4) is 5.75 Å². The Labute approximate surface area is 117 Å². The lowest BCUT2D eigenvalue weighted by molar-refractivity contribution is 0.234. The van der Waals surface area contributed by atoms with Crippen molar-refractivity contribution in [2.24, 2.45) is 17.6 Å². The molecule has 2 N–H and O–H groups in total. The van der Waals surface area contributed by atoms with E-state index in [2.05, 4.69) is 19.1 Å². The van der Waals surface area contributed by atoms with Gasteiger partial charge in [-0.1, -0.05) is 44.7 Å². The van der Waals surface area contributed by atoms with Gasteiger partial charge in [0.25, 0.3) is 0 Å². The van der Waals surface area contributed by atoms with Gasteiger partial charge in [-0.25, -0.2) is 0 Å². The molecule has 2 nitrogen and oxygen atoms in total. The number of rotatable bonds is 5. The van der Waals surface area contributed by atoms with Crippen LogP contribution in [-0.2, 0) is 0 Å². The van der Waals surface area contributed by atoms with Crippen LogP contribution in [0.5, 0.6) is 5.75 Å². The topological polar surface area (TPSA) is 35.2 Å². The van der Waals surface area contributed by atoms with Crippen molar-refractivity contribution in [1.82, 2.24) is 0 Å². The number of benzene rings is 1. The van der Waals surface area contributed by atoms with Crippen molar-refractivity contribution in [2.45, 2.75) is 51.5 Å². The van der Waals surface area contributed by atoms with E-state index in [1.54, 1.807) is 7.11 Å². The zero-order chi connectivity index (χ0) is 13.7. The van der Waals surface area contributed by atoms with Gasteiger partial charge in [-0.05, 0) is 42.4 Å². The molecule has 1 atom stereocenters. The molecule has 0 saturated heterocycles. The predicted molar refractivity (Wildman–Crippen MR) is 80.3 cm³/mol. The summed E-state index contributed by atoms with van der Waals surface area (Å²) in [5, 5.41) is 0. The summed E-state index contributed by atoms with van der Waals surface area (Å²) in [5.41, 5.74) is 7.68. The maximum absolute atomic E-state index is 6.46. The van der Waals surface area contributed by atoms with E-state index in [-0.39, 0.29) is 6.04 Å². The van der Waals surface area contributed by atoms with E-state index >= 15 is 0 Å². The van der Waals surface area contributed by atoms with Crippen molar-refractivity contribution in [3.05, 3.63) is 29.8 Å². The molecular weight excluding hydrogens is 234 g/mol. The van der Waals surface area contributed by atoms with Gasteiger partial charge in [0.05, 0.1) is 7.11 Å². The van der Waals surface area contributed by atoms with Crippen LogP contribution in [0.15, 0.2) is 24.3 Å². The molecule has 0 spiro atoms. The van der Waals surface area contributed by atoms with Crippen molar-refractivity contribution < 1.29 is 4.74 Å². The highest BCUT2D eigenvalue weighted by Crippen LogP contribution is 2.37. The molecule has 1 aliphatic rings. The standard InChI is InChI=1S/C17H27NO/c1-3-5-13-8-10-14(11-9-13)17(18)15-6-4-7-16(12-15)19-2/h4,6-7,12-14,17H,3,5,8-11,18H2,1-2H3. The Hall–Kier alpha value is -1.02. The third kappa shape index (κ3) is 3.73. The van der Waals surface area contributed by atoms with Gasteiger partial charge in [0.15, 0.2) is 0 Å². The fraction of sp³-hybridized carbons (Fsp3) is 0.647. The fourth-order valence-electron chi connectivity index (χ4n) is 3.37. The number of hydrogen-bond acceptors (Lipinski definition) is 2. The zero-order valence-electron chi connectivity index (χ0n) is 12.3. The number of nitrogens with two attached hydrogens (primary N) is 1. The van der Waals surface area contributed by atoms with Crippen LogP contribution in [0.3, 0.4) is 0 Å². The Balaban J connectivity index is 1.94. The number of ether oxygens (including phenoxy) is 1. The summed E-state index contributed by atoms with van der Waals surface area (Å²) in [6.45, 7) is 2.29. The van der Waals surface area contributed by atoms with Gasteiger partial charge in [0.2, 0.25) is 0 Å². The van der Waals surface area contributed by atoms with Crippen molar-refractivity contribution >= 4 is 0 Å². The summed E-state index contributed by atoms with van der Waals surface area (Å²) in [5.74, 6) is 2.49. The molecule has 0 radical (unpaired) electrons. The van der Waals surface area contributed by atoms with Crippen molar-refractivity contribution in [1.29, 1.82) is 0 Å². The van der Waals surface area contributed by atoms with Crippen LogP contribution >= 0.6 is 0 Å². The lowest BCUT2D eigenvalue weighted by Crippen LogP contribution is -2.26. The molecule has 1 unspecified atom stereocenters. The smallest absolute Gasteiger partial charge is 0.119 e. The lowest BCUT2D eigenvalue weighted by Gasteiger charge is -2.32. The summed E-state index contributed by atoms with van der Waals surface area (Å²) in [6, 6.07) is 8.40. The van der Waals surface area contributed by atoms with Crippen LogP contribution in [0.2, 0.25) is 0 Å². The average Bonchev–Trinajstić information content (AvgIpc) is 2.48. The molecular formula is C17H27NO. The van der Waals surface area contributed by atoms with Gasteiger partial charge in [0, 0.05) is 6.04 Å². The van der Waals surface area contributed by atoms with Gasteiger partial charge in [-0.15, -0.1) is 0 Å². The normalized spacial score (nSPS) is 25.0. The molecule has 1 fully saturated rings. The van der Waals surface area contributed by atoms with E-state index in [0.29, 0.717) is 5.92 Å². The highest BCUT2D eigenvalue weighted by Gasteiger charge is 2.26. The van der Waals surface area contributed by atoms with Gasteiger partial charge >= 0.3 is 0 Å². The van der Waals surface area contributed by atoms with Crippen molar-refractivity contribution in [3.63, 3.8) is 0 Å². The van der Waals surface area contributed by atoms with Crippen LogP contribution in [0, 0.1) is 11.8 Å². The second-order valence-electron chi connectivity index (χ2n) is 5.87. The minimum Gasteiger partial charge on any atom is -0.497 e. The van der Waals surface area contributed by atoms with E-state index in [1.807, 2.05) is 12.1 Å². The van der Waals surface area contributed by atoms with E-state index in [9.17, 15) is 0 Å². The quantitative estimate of drug-likeness (QED) is 0.857. The molecule has 1 aromatic carbocycles. The minimum atomic E-state index is 0.165. The molecule has 0 aliphatic heterocycles. The molecule has 0 aromatic heterocycles. The Bertz CT molecular complexity index is 383. The zero-order valence-corrected chi connectivity index (χ0v) is 12.3.